The lowest BCUT2D eigenvalue weighted by Crippen LogP contribution is -1.97. The highest BCUT2D eigenvalue weighted by Gasteiger charge is 2.14. The average molecular weight is 225 g/mol. The fourth-order valence-electron chi connectivity index (χ4n) is 2.96. The van der Waals surface area contributed by atoms with Crippen molar-refractivity contribution in [1.82, 2.24) is 4.98 Å². The summed E-state index contributed by atoms with van der Waals surface area (Å²) >= 11 is 0. The third-order valence-electron chi connectivity index (χ3n) is 3.95. The first-order valence-electron chi connectivity index (χ1n) is 6.78. The normalized spacial score (nSPS) is 18.1. The molecule has 1 aromatic carbocycles. The van der Waals surface area contributed by atoms with Crippen LogP contribution in [-0.4, -0.2) is 4.98 Å². The van der Waals surface area contributed by atoms with Gasteiger partial charge in [-0.25, -0.2) is 0 Å². The quantitative estimate of drug-likeness (QED) is 0.642. The molecular weight excluding hydrogens is 206 g/mol. The molecule has 3 rings (SSSR count). The fourth-order valence-corrected chi connectivity index (χ4v) is 2.96. The molecule has 88 valence electrons. The molecule has 0 bridgehead atoms. The maximum Gasteiger partial charge on any atom is 0.0702 e. The summed E-state index contributed by atoms with van der Waals surface area (Å²) in [6.45, 7) is 0. The van der Waals surface area contributed by atoms with Crippen LogP contribution in [0.1, 0.15) is 50.0 Å². The molecule has 0 spiro atoms. The number of pyridine rings is 1. The molecule has 1 aliphatic rings. The van der Waals surface area contributed by atoms with Gasteiger partial charge in [-0.15, -0.1) is 0 Å². The molecule has 1 aromatic heterocycles. The predicted octanol–water partition coefficient (Wildman–Crippen LogP) is 4.67. The van der Waals surface area contributed by atoms with E-state index in [1.54, 1.807) is 0 Å². The number of hydrogen-bond acceptors (Lipinski definition) is 1. The van der Waals surface area contributed by atoms with Crippen LogP contribution in [0.4, 0.5) is 0 Å². The molecule has 0 amide bonds. The Morgan fingerprint density at radius 3 is 2.59 bits per heavy atom. The minimum Gasteiger partial charge on any atom is -0.256 e. The third-order valence-corrected chi connectivity index (χ3v) is 3.95. The summed E-state index contributed by atoms with van der Waals surface area (Å²) in [4.78, 5) is 4.39. The van der Waals surface area contributed by atoms with E-state index in [1.165, 1.54) is 49.5 Å². The van der Waals surface area contributed by atoms with Gasteiger partial charge in [0.25, 0.3) is 0 Å². The lowest BCUT2D eigenvalue weighted by molar-refractivity contribution is 0.593. The molecule has 0 saturated heterocycles. The first-order chi connectivity index (χ1) is 8.43. The van der Waals surface area contributed by atoms with E-state index in [0.717, 1.165) is 11.4 Å². The Labute approximate surface area is 103 Å². The average Bonchev–Trinajstić information content (AvgIpc) is 2.67. The van der Waals surface area contributed by atoms with E-state index in [1.807, 2.05) is 12.3 Å². The molecule has 1 aliphatic carbocycles. The lowest BCUT2D eigenvalue weighted by atomic mass is 9.91. The summed E-state index contributed by atoms with van der Waals surface area (Å²) in [7, 11) is 0. The molecule has 0 atom stereocenters. The van der Waals surface area contributed by atoms with Gasteiger partial charge in [0, 0.05) is 11.6 Å². The second-order valence-electron chi connectivity index (χ2n) is 5.14. The smallest absolute Gasteiger partial charge is 0.0702 e. The van der Waals surface area contributed by atoms with Crippen LogP contribution < -0.4 is 0 Å². The van der Waals surface area contributed by atoms with Gasteiger partial charge < -0.3 is 0 Å². The summed E-state index contributed by atoms with van der Waals surface area (Å²) in [6.07, 6.45) is 10.2. The Morgan fingerprint density at radius 1 is 0.941 bits per heavy atom. The van der Waals surface area contributed by atoms with Crippen molar-refractivity contribution in [3.05, 3.63) is 42.1 Å². The second kappa shape index (κ2) is 4.87. The Balaban J connectivity index is 1.93. The van der Waals surface area contributed by atoms with Crippen LogP contribution in [0.15, 0.2) is 36.5 Å². The van der Waals surface area contributed by atoms with Crippen molar-refractivity contribution in [2.24, 2.45) is 0 Å². The Kier molecular flexibility index (Phi) is 3.08. The first kappa shape index (κ1) is 10.8. The summed E-state index contributed by atoms with van der Waals surface area (Å²) in [5, 5.41) is 1.29. The lowest BCUT2D eigenvalue weighted by Gasteiger charge is -2.14. The van der Waals surface area contributed by atoms with E-state index < -0.39 is 0 Å². The molecule has 1 heterocycles. The second-order valence-corrected chi connectivity index (χ2v) is 5.14. The van der Waals surface area contributed by atoms with E-state index in [-0.39, 0.29) is 0 Å². The maximum absolute atomic E-state index is 4.39. The van der Waals surface area contributed by atoms with Crippen molar-refractivity contribution < 1.29 is 0 Å². The van der Waals surface area contributed by atoms with Crippen LogP contribution in [0.25, 0.3) is 10.9 Å². The molecule has 0 unspecified atom stereocenters. The van der Waals surface area contributed by atoms with Gasteiger partial charge in [0.05, 0.1) is 5.52 Å². The van der Waals surface area contributed by atoms with E-state index in [9.17, 15) is 0 Å². The van der Waals surface area contributed by atoms with Crippen LogP contribution >= 0.6 is 0 Å². The largest absolute Gasteiger partial charge is 0.256 e. The van der Waals surface area contributed by atoms with Crippen molar-refractivity contribution in [1.29, 1.82) is 0 Å². The van der Waals surface area contributed by atoms with Gasteiger partial charge >= 0.3 is 0 Å². The van der Waals surface area contributed by atoms with E-state index in [0.29, 0.717) is 0 Å². The van der Waals surface area contributed by atoms with Gasteiger partial charge in [-0.3, -0.25) is 4.98 Å². The topological polar surface area (TPSA) is 12.9 Å². The molecule has 1 fully saturated rings. The number of hydrogen-bond donors (Lipinski definition) is 0. The van der Waals surface area contributed by atoms with Crippen LogP contribution in [0, 0.1) is 0 Å². The van der Waals surface area contributed by atoms with E-state index in [2.05, 4.69) is 29.2 Å². The number of rotatable bonds is 1. The zero-order chi connectivity index (χ0) is 11.5. The van der Waals surface area contributed by atoms with E-state index >= 15 is 0 Å². The Bertz CT molecular complexity index is 496. The van der Waals surface area contributed by atoms with Gasteiger partial charge in [-0.1, -0.05) is 37.8 Å². The van der Waals surface area contributed by atoms with Crippen LogP contribution in [0.5, 0.6) is 0 Å². The maximum atomic E-state index is 4.39. The molecule has 0 aliphatic heterocycles. The molecule has 1 heteroatoms. The van der Waals surface area contributed by atoms with Crippen LogP contribution in [0.2, 0.25) is 0 Å². The highest BCUT2D eigenvalue weighted by Crippen LogP contribution is 2.32. The van der Waals surface area contributed by atoms with E-state index in [4.69, 9.17) is 0 Å². The van der Waals surface area contributed by atoms with Gasteiger partial charge in [-0.05, 0) is 42.5 Å². The van der Waals surface area contributed by atoms with Crippen molar-refractivity contribution in [3.8, 4) is 0 Å². The number of aromatic nitrogens is 1. The molecule has 0 radical (unpaired) electrons. The number of nitrogens with zero attached hydrogens (tertiary/aromatic N) is 1. The standard InChI is InChI=1S/C16H19N/c1-2-4-7-13(6-3-1)14-9-10-16-15(12-14)8-5-11-17-16/h5,8-13H,1-4,6-7H2. The molecule has 1 nitrogen and oxygen atoms in total. The van der Waals surface area contributed by atoms with Gasteiger partial charge in [0.1, 0.15) is 0 Å². The summed E-state index contributed by atoms with van der Waals surface area (Å²) in [5.41, 5.74) is 2.64. The zero-order valence-corrected chi connectivity index (χ0v) is 10.2. The molecule has 1 saturated carbocycles. The third kappa shape index (κ3) is 2.33. The summed E-state index contributed by atoms with van der Waals surface area (Å²) in [6, 6.07) is 11.0. The molecule has 0 N–H and O–H groups in total. The SMILES string of the molecule is c1cnc2ccc(C3CCCCCC3)cc2c1. The van der Waals surface area contributed by atoms with Gasteiger partial charge in [0.2, 0.25) is 0 Å². The van der Waals surface area contributed by atoms with Gasteiger partial charge in [-0.2, -0.15) is 0 Å². The minimum absolute atomic E-state index is 0.780. The Hall–Kier alpha value is -1.37. The summed E-state index contributed by atoms with van der Waals surface area (Å²) in [5.74, 6) is 0.780. The van der Waals surface area contributed by atoms with Crippen molar-refractivity contribution in [2.45, 2.75) is 44.4 Å². The summed E-state index contributed by atoms with van der Waals surface area (Å²) < 4.78 is 0. The molecule has 2 aromatic rings. The molecular formula is C16H19N. The number of benzene rings is 1. The highest BCUT2D eigenvalue weighted by molar-refractivity contribution is 5.79. The number of fused-ring (bicyclic) bond motifs is 1. The Morgan fingerprint density at radius 2 is 1.76 bits per heavy atom. The monoisotopic (exact) mass is 225 g/mol. The fraction of sp³-hybridized carbons (Fsp3) is 0.438. The predicted molar refractivity (Wildman–Crippen MR) is 72.2 cm³/mol. The van der Waals surface area contributed by atoms with Crippen LogP contribution in [0.3, 0.4) is 0 Å². The van der Waals surface area contributed by atoms with Crippen molar-refractivity contribution in [3.63, 3.8) is 0 Å². The minimum atomic E-state index is 0.780. The van der Waals surface area contributed by atoms with Crippen LogP contribution in [-0.2, 0) is 0 Å². The van der Waals surface area contributed by atoms with Crippen molar-refractivity contribution in [2.75, 3.05) is 0 Å². The molecule has 17 heavy (non-hydrogen) atoms. The van der Waals surface area contributed by atoms with Crippen molar-refractivity contribution >= 4 is 10.9 Å². The van der Waals surface area contributed by atoms with Gasteiger partial charge in [0.15, 0.2) is 0 Å². The zero-order valence-electron chi connectivity index (χ0n) is 10.2. The first-order valence-corrected chi connectivity index (χ1v) is 6.78. The highest BCUT2D eigenvalue weighted by atomic mass is 14.6.